The highest BCUT2D eigenvalue weighted by molar-refractivity contribution is 5.98. The minimum absolute atomic E-state index is 0.154. The average molecular weight is 409 g/mol. The van der Waals surface area contributed by atoms with Crippen LogP contribution in [0.5, 0.6) is 0 Å². The number of unbranched alkanes of at least 4 members (excludes halogenated alkanes) is 1. The molecule has 3 nitrogen and oxygen atoms in total. The second-order valence-corrected chi connectivity index (χ2v) is 7.87. The summed E-state index contributed by atoms with van der Waals surface area (Å²) in [5.74, 6) is -0.103. The van der Waals surface area contributed by atoms with E-state index in [1.807, 2.05) is 49.9 Å². The number of fused-ring (bicyclic) bond motifs is 1. The van der Waals surface area contributed by atoms with Crippen molar-refractivity contribution in [2.45, 2.75) is 53.0 Å². The average Bonchev–Trinajstić information content (AvgIpc) is 3.08. The van der Waals surface area contributed by atoms with Crippen LogP contribution in [0.25, 0.3) is 22.2 Å². The van der Waals surface area contributed by atoms with Crippen LogP contribution in [-0.2, 0) is 11.3 Å². The van der Waals surface area contributed by atoms with Crippen LogP contribution < -0.4 is 0 Å². The number of amides is 1. The summed E-state index contributed by atoms with van der Waals surface area (Å²) in [6, 6.07) is 16.6. The summed E-state index contributed by atoms with van der Waals surface area (Å²) in [5, 5.41) is 1.11. The van der Waals surface area contributed by atoms with Crippen LogP contribution in [0, 0.1) is 6.92 Å². The van der Waals surface area contributed by atoms with Crippen molar-refractivity contribution in [3.8, 4) is 11.3 Å². The van der Waals surface area contributed by atoms with E-state index >= 15 is 0 Å². The molecule has 0 radical (unpaired) electrons. The molecule has 1 unspecified atom stereocenters. The smallest absolute Gasteiger partial charge is 0.229 e. The summed E-state index contributed by atoms with van der Waals surface area (Å²) >= 11 is 0. The summed E-state index contributed by atoms with van der Waals surface area (Å²) in [5.41, 5.74) is 5.61. The molecule has 2 aromatic carbocycles. The first kappa shape index (κ1) is 22.1. The van der Waals surface area contributed by atoms with Crippen molar-refractivity contribution in [1.82, 2.24) is 9.47 Å². The lowest BCUT2D eigenvalue weighted by Crippen LogP contribution is -2.34. The van der Waals surface area contributed by atoms with Crippen molar-refractivity contribution in [2.24, 2.45) is 0 Å². The molecule has 0 saturated heterocycles. The fourth-order valence-electron chi connectivity index (χ4n) is 4.43. The number of carbonyl (C=O) groups excluding carboxylic acids is 1. The maximum atomic E-state index is 13.4. The zero-order chi connectivity index (χ0) is 21.7. The van der Waals surface area contributed by atoms with Gasteiger partial charge in [0.05, 0.1) is 18.3 Å². The molecule has 0 fully saturated rings. The monoisotopic (exact) mass is 408 g/mol. The number of likely N-dealkylation sites (N-methyl/N-ethyl adjacent to an activating group) is 1. The first-order valence-electron chi connectivity index (χ1n) is 11.1. The predicted octanol–water partition coefficient (Wildman–Crippen LogP) is 6.34. The maximum Gasteiger partial charge on any atom is 0.229 e. The van der Waals surface area contributed by atoms with E-state index in [0.717, 1.165) is 40.7 Å². The number of nitrogens with zero attached hydrogens (tertiary/aromatic N) is 2. The second kappa shape index (κ2) is 9.92. The van der Waals surface area contributed by atoms with Crippen LogP contribution in [0.4, 0.5) is 4.39 Å². The Morgan fingerprint density at radius 1 is 1.03 bits per heavy atom. The molecular formula is C26H33FN2O. The van der Waals surface area contributed by atoms with Gasteiger partial charge in [-0.3, -0.25) is 9.18 Å². The van der Waals surface area contributed by atoms with Gasteiger partial charge < -0.3 is 9.47 Å². The molecule has 30 heavy (non-hydrogen) atoms. The van der Waals surface area contributed by atoms with Gasteiger partial charge in [-0.1, -0.05) is 42.5 Å². The highest BCUT2D eigenvalue weighted by atomic mass is 19.1. The summed E-state index contributed by atoms with van der Waals surface area (Å²) < 4.78 is 15.1. The molecule has 0 aliphatic carbocycles. The SMILES string of the molecule is CCN(CC)C(=O)C(C)c1c(-c2ccccc2C)n(CCCCF)c2ccccc12. The number of alkyl halides is 1. The van der Waals surface area contributed by atoms with Gasteiger partial charge in [0.2, 0.25) is 5.91 Å². The first-order chi connectivity index (χ1) is 14.5. The van der Waals surface area contributed by atoms with E-state index in [4.69, 9.17) is 0 Å². The molecule has 0 bridgehead atoms. The van der Waals surface area contributed by atoms with Crippen molar-refractivity contribution in [3.05, 3.63) is 59.7 Å². The van der Waals surface area contributed by atoms with Crippen LogP contribution in [0.3, 0.4) is 0 Å². The number of halogens is 1. The minimum Gasteiger partial charge on any atom is -0.343 e. The number of rotatable bonds is 9. The Bertz CT molecular complexity index is 1000. The molecule has 1 amide bonds. The largest absolute Gasteiger partial charge is 0.343 e. The number of carbonyl (C=O) groups is 1. The molecule has 0 N–H and O–H groups in total. The Morgan fingerprint density at radius 3 is 2.37 bits per heavy atom. The van der Waals surface area contributed by atoms with Crippen LogP contribution in [0.15, 0.2) is 48.5 Å². The van der Waals surface area contributed by atoms with Gasteiger partial charge in [-0.25, -0.2) is 0 Å². The Balaban J connectivity index is 2.28. The third kappa shape index (κ3) is 4.14. The van der Waals surface area contributed by atoms with E-state index < -0.39 is 0 Å². The maximum absolute atomic E-state index is 13.4. The summed E-state index contributed by atoms with van der Waals surface area (Å²) in [7, 11) is 0. The van der Waals surface area contributed by atoms with Crippen LogP contribution in [-0.4, -0.2) is 35.1 Å². The highest BCUT2D eigenvalue weighted by Crippen LogP contribution is 2.40. The zero-order valence-corrected chi connectivity index (χ0v) is 18.6. The lowest BCUT2D eigenvalue weighted by molar-refractivity contribution is -0.132. The molecule has 1 heterocycles. The van der Waals surface area contributed by atoms with E-state index in [0.29, 0.717) is 19.5 Å². The van der Waals surface area contributed by atoms with E-state index in [1.54, 1.807) is 0 Å². The van der Waals surface area contributed by atoms with Gasteiger partial charge in [0.25, 0.3) is 0 Å². The third-order valence-electron chi connectivity index (χ3n) is 6.05. The Morgan fingerprint density at radius 2 is 1.70 bits per heavy atom. The van der Waals surface area contributed by atoms with Crippen LogP contribution in [0.2, 0.25) is 0 Å². The number of aryl methyl sites for hydroxylation is 2. The first-order valence-corrected chi connectivity index (χ1v) is 11.1. The predicted molar refractivity (Wildman–Crippen MR) is 124 cm³/mol. The number of hydrogen-bond acceptors (Lipinski definition) is 1. The lowest BCUT2D eigenvalue weighted by Gasteiger charge is -2.24. The second-order valence-electron chi connectivity index (χ2n) is 7.87. The molecule has 4 heteroatoms. The van der Waals surface area contributed by atoms with E-state index in [1.165, 1.54) is 5.56 Å². The summed E-state index contributed by atoms with van der Waals surface area (Å²) in [6.07, 6.45) is 1.31. The number of aromatic nitrogens is 1. The van der Waals surface area contributed by atoms with Gasteiger partial charge in [-0.15, -0.1) is 0 Å². The third-order valence-corrected chi connectivity index (χ3v) is 6.05. The van der Waals surface area contributed by atoms with Gasteiger partial charge in [0.1, 0.15) is 0 Å². The van der Waals surface area contributed by atoms with Crippen LogP contribution in [0.1, 0.15) is 50.7 Å². The van der Waals surface area contributed by atoms with E-state index in [9.17, 15) is 9.18 Å². The lowest BCUT2D eigenvalue weighted by atomic mass is 9.92. The van der Waals surface area contributed by atoms with Gasteiger partial charge in [-0.05, 0) is 57.7 Å². The van der Waals surface area contributed by atoms with Crippen molar-refractivity contribution >= 4 is 16.8 Å². The molecule has 1 aromatic heterocycles. The molecule has 3 rings (SSSR count). The quantitative estimate of drug-likeness (QED) is 0.379. The van der Waals surface area contributed by atoms with Crippen LogP contribution >= 0.6 is 0 Å². The summed E-state index contributed by atoms with van der Waals surface area (Å²) in [4.78, 5) is 15.3. The van der Waals surface area contributed by atoms with Gasteiger partial charge in [0.15, 0.2) is 0 Å². The molecule has 0 spiro atoms. The Kier molecular flexibility index (Phi) is 7.30. The fourth-order valence-corrected chi connectivity index (χ4v) is 4.43. The van der Waals surface area contributed by atoms with Crippen molar-refractivity contribution in [2.75, 3.05) is 19.8 Å². The molecule has 0 aliphatic rings. The number of benzene rings is 2. The topological polar surface area (TPSA) is 25.2 Å². The molecule has 0 saturated carbocycles. The van der Waals surface area contributed by atoms with Gasteiger partial charge >= 0.3 is 0 Å². The van der Waals surface area contributed by atoms with E-state index in [2.05, 4.69) is 35.8 Å². The zero-order valence-electron chi connectivity index (χ0n) is 18.6. The molecule has 0 aliphatic heterocycles. The van der Waals surface area contributed by atoms with E-state index in [-0.39, 0.29) is 18.5 Å². The van der Waals surface area contributed by atoms with Crippen molar-refractivity contribution in [3.63, 3.8) is 0 Å². The molecule has 1 atom stereocenters. The number of para-hydroxylation sites is 1. The van der Waals surface area contributed by atoms with Gasteiger partial charge in [0, 0.05) is 36.1 Å². The van der Waals surface area contributed by atoms with Gasteiger partial charge in [-0.2, -0.15) is 0 Å². The van der Waals surface area contributed by atoms with Crippen molar-refractivity contribution in [1.29, 1.82) is 0 Å². The Labute approximate surface area is 179 Å². The normalized spacial score (nSPS) is 12.3. The summed E-state index contributed by atoms with van der Waals surface area (Å²) in [6.45, 7) is 10.0. The molecule has 3 aromatic rings. The molecule has 160 valence electrons. The fraction of sp³-hybridized carbons (Fsp3) is 0.423. The standard InChI is InChI=1S/C26H33FN2O/c1-5-28(6-2)26(30)20(4)24-22-15-9-10-16-23(22)29(18-12-11-17-27)25(24)21-14-8-7-13-19(21)3/h7-10,13-16,20H,5-6,11-12,17-18H2,1-4H3. The minimum atomic E-state index is -0.303. The van der Waals surface area contributed by atoms with Crippen molar-refractivity contribution < 1.29 is 9.18 Å². The number of hydrogen-bond donors (Lipinski definition) is 0. The highest BCUT2D eigenvalue weighted by Gasteiger charge is 2.29. The Hall–Kier alpha value is -2.62. The molecular weight excluding hydrogens is 375 g/mol.